The van der Waals surface area contributed by atoms with Gasteiger partial charge in [0.05, 0.1) is 36.2 Å². The fourth-order valence-corrected chi connectivity index (χ4v) is 4.26. The molecule has 1 fully saturated rings. The number of nitrogens with zero attached hydrogens (tertiary/aromatic N) is 2. The van der Waals surface area contributed by atoms with Crippen molar-refractivity contribution in [2.75, 3.05) is 33.4 Å². The van der Waals surface area contributed by atoms with E-state index in [2.05, 4.69) is 0 Å². The second-order valence-corrected chi connectivity index (χ2v) is 7.98. The summed E-state index contributed by atoms with van der Waals surface area (Å²) in [6.07, 6.45) is 0. The van der Waals surface area contributed by atoms with Crippen LogP contribution in [0.2, 0.25) is 0 Å². The fourth-order valence-electron chi connectivity index (χ4n) is 2.78. The number of nitro groups is 1. The van der Waals surface area contributed by atoms with E-state index in [9.17, 15) is 18.5 Å². The first-order chi connectivity index (χ1) is 13.4. The van der Waals surface area contributed by atoms with E-state index in [1.54, 1.807) is 12.1 Å². The van der Waals surface area contributed by atoms with Gasteiger partial charge < -0.3 is 14.2 Å². The molecule has 1 aliphatic rings. The van der Waals surface area contributed by atoms with E-state index >= 15 is 0 Å². The van der Waals surface area contributed by atoms with Gasteiger partial charge in [-0.1, -0.05) is 12.1 Å². The second kappa shape index (κ2) is 8.55. The molecule has 0 saturated carbocycles. The molecule has 0 unspecified atom stereocenters. The summed E-state index contributed by atoms with van der Waals surface area (Å²) in [5, 5.41) is 11.0. The largest absolute Gasteiger partial charge is 0.493 e. The van der Waals surface area contributed by atoms with Crippen LogP contribution in [-0.2, 0) is 21.4 Å². The summed E-state index contributed by atoms with van der Waals surface area (Å²) < 4.78 is 43.0. The molecule has 0 aromatic heterocycles. The average Bonchev–Trinajstić information content (AvgIpc) is 2.72. The van der Waals surface area contributed by atoms with Crippen LogP contribution in [0.3, 0.4) is 0 Å². The first kappa shape index (κ1) is 20.1. The zero-order valence-electron chi connectivity index (χ0n) is 15.2. The van der Waals surface area contributed by atoms with Gasteiger partial charge in [0.25, 0.3) is 5.69 Å². The number of ether oxygens (including phenoxy) is 3. The van der Waals surface area contributed by atoms with Gasteiger partial charge in [-0.05, 0) is 23.8 Å². The van der Waals surface area contributed by atoms with Gasteiger partial charge in [-0.2, -0.15) is 4.31 Å². The van der Waals surface area contributed by atoms with Crippen LogP contribution in [0.5, 0.6) is 11.5 Å². The maximum atomic E-state index is 12.8. The van der Waals surface area contributed by atoms with Gasteiger partial charge in [-0.25, -0.2) is 8.42 Å². The minimum Gasteiger partial charge on any atom is -0.493 e. The molecule has 9 nitrogen and oxygen atoms in total. The van der Waals surface area contributed by atoms with Crippen molar-refractivity contribution >= 4 is 15.7 Å². The minimum atomic E-state index is -3.61. The molecule has 0 spiro atoms. The molecule has 0 aliphatic carbocycles. The van der Waals surface area contributed by atoms with E-state index in [0.29, 0.717) is 37.6 Å². The average molecular weight is 408 g/mol. The number of sulfonamides is 1. The first-order valence-corrected chi connectivity index (χ1v) is 9.98. The molecule has 2 aromatic rings. The number of rotatable bonds is 7. The van der Waals surface area contributed by atoms with E-state index < -0.39 is 14.9 Å². The molecule has 0 bridgehead atoms. The summed E-state index contributed by atoms with van der Waals surface area (Å²) in [7, 11) is -2.18. The van der Waals surface area contributed by atoms with Crippen LogP contribution < -0.4 is 9.47 Å². The second-order valence-electron chi connectivity index (χ2n) is 6.04. The highest BCUT2D eigenvalue weighted by Crippen LogP contribution is 2.32. The van der Waals surface area contributed by atoms with Gasteiger partial charge in [-0.3, -0.25) is 10.1 Å². The van der Waals surface area contributed by atoms with Crippen LogP contribution in [0, 0.1) is 10.1 Å². The van der Waals surface area contributed by atoms with Crippen LogP contribution in [0.4, 0.5) is 5.69 Å². The van der Waals surface area contributed by atoms with Gasteiger partial charge in [0.15, 0.2) is 11.5 Å². The molecule has 0 N–H and O–H groups in total. The van der Waals surface area contributed by atoms with Crippen molar-refractivity contribution in [2.24, 2.45) is 0 Å². The minimum absolute atomic E-state index is 0.0317. The molecule has 150 valence electrons. The van der Waals surface area contributed by atoms with Crippen molar-refractivity contribution in [2.45, 2.75) is 11.5 Å². The molecular weight excluding hydrogens is 388 g/mol. The number of benzene rings is 2. The molecule has 0 radical (unpaired) electrons. The highest BCUT2D eigenvalue weighted by Gasteiger charge is 2.26. The Morgan fingerprint density at radius 1 is 1.14 bits per heavy atom. The molecule has 2 aromatic carbocycles. The fraction of sp³-hybridized carbons (Fsp3) is 0.333. The van der Waals surface area contributed by atoms with Crippen LogP contribution in [0.1, 0.15) is 5.56 Å². The Labute approximate surface area is 162 Å². The third kappa shape index (κ3) is 4.41. The van der Waals surface area contributed by atoms with Crippen LogP contribution in [0.25, 0.3) is 0 Å². The van der Waals surface area contributed by atoms with E-state index in [0.717, 1.165) is 0 Å². The Balaban J connectivity index is 1.78. The van der Waals surface area contributed by atoms with E-state index in [1.807, 2.05) is 0 Å². The quantitative estimate of drug-likeness (QED) is 0.510. The van der Waals surface area contributed by atoms with Gasteiger partial charge >= 0.3 is 0 Å². The number of nitro benzene ring substituents is 1. The Kier molecular flexibility index (Phi) is 6.12. The number of morpholine rings is 1. The molecule has 0 atom stereocenters. The van der Waals surface area contributed by atoms with Crippen molar-refractivity contribution in [1.82, 2.24) is 4.31 Å². The lowest BCUT2D eigenvalue weighted by Crippen LogP contribution is -2.40. The molecule has 10 heteroatoms. The lowest BCUT2D eigenvalue weighted by Gasteiger charge is -2.26. The van der Waals surface area contributed by atoms with Crippen molar-refractivity contribution in [3.8, 4) is 11.5 Å². The Bertz CT molecular complexity index is 956. The Morgan fingerprint density at radius 3 is 2.57 bits per heavy atom. The number of methoxy groups -OCH3 is 1. The molecule has 1 saturated heterocycles. The summed E-state index contributed by atoms with van der Waals surface area (Å²) in [6, 6.07) is 10.5. The van der Waals surface area contributed by atoms with Crippen molar-refractivity contribution in [3.63, 3.8) is 0 Å². The Morgan fingerprint density at radius 2 is 1.89 bits per heavy atom. The highest BCUT2D eigenvalue weighted by atomic mass is 32.2. The predicted octanol–water partition coefficient (Wildman–Crippen LogP) is 2.20. The predicted molar refractivity (Wildman–Crippen MR) is 100 cm³/mol. The molecular formula is C18H20N2O7S. The lowest BCUT2D eigenvalue weighted by molar-refractivity contribution is -0.385. The maximum absolute atomic E-state index is 12.8. The highest BCUT2D eigenvalue weighted by molar-refractivity contribution is 7.89. The SMILES string of the molecule is COc1ccc([N+](=O)[O-])cc1OCc1cccc(S(=O)(=O)N2CCOCC2)c1. The molecule has 0 amide bonds. The Hall–Kier alpha value is -2.69. The van der Waals surface area contributed by atoms with Crippen LogP contribution in [-0.4, -0.2) is 51.1 Å². The van der Waals surface area contributed by atoms with Crippen molar-refractivity contribution in [3.05, 3.63) is 58.1 Å². The zero-order chi connectivity index (χ0) is 20.1. The van der Waals surface area contributed by atoms with Crippen molar-refractivity contribution in [1.29, 1.82) is 0 Å². The molecule has 28 heavy (non-hydrogen) atoms. The molecule has 3 rings (SSSR count). The summed E-state index contributed by atoms with van der Waals surface area (Å²) in [5.41, 5.74) is 0.488. The molecule has 1 aliphatic heterocycles. The summed E-state index contributed by atoms with van der Waals surface area (Å²) in [4.78, 5) is 10.6. The van der Waals surface area contributed by atoms with Gasteiger partial charge in [0, 0.05) is 19.2 Å². The summed E-state index contributed by atoms with van der Waals surface area (Å²) in [5.74, 6) is 0.556. The monoisotopic (exact) mass is 408 g/mol. The number of non-ortho nitro benzene ring substituents is 1. The van der Waals surface area contributed by atoms with Crippen molar-refractivity contribution < 1.29 is 27.6 Å². The molecule has 1 heterocycles. The third-order valence-electron chi connectivity index (χ3n) is 4.26. The maximum Gasteiger partial charge on any atom is 0.273 e. The smallest absolute Gasteiger partial charge is 0.273 e. The van der Waals surface area contributed by atoms with Crippen LogP contribution >= 0.6 is 0 Å². The van der Waals surface area contributed by atoms with Gasteiger partial charge in [0.2, 0.25) is 10.0 Å². The van der Waals surface area contributed by atoms with E-state index in [1.165, 1.54) is 41.7 Å². The summed E-state index contributed by atoms with van der Waals surface area (Å²) >= 11 is 0. The summed E-state index contributed by atoms with van der Waals surface area (Å²) in [6.45, 7) is 1.40. The third-order valence-corrected chi connectivity index (χ3v) is 6.15. The van der Waals surface area contributed by atoms with E-state index in [4.69, 9.17) is 14.2 Å². The lowest BCUT2D eigenvalue weighted by atomic mass is 10.2. The number of hydrogen-bond acceptors (Lipinski definition) is 7. The standard InChI is InChI=1S/C18H20N2O7S/c1-25-17-6-5-15(20(21)22)12-18(17)27-13-14-3-2-4-16(11-14)28(23,24)19-7-9-26-10-8-19/h2-6,11-12H,7-10,13H2,1H3. The normalized spacial score (nSPS) is 15.2. The first-order valence-electron chi connectivity index (χ1n) is 8.54. The number of hydrogen-bond donors (Lipinski definition) is 0. The van der Waals surface area contributed by atoms with Crippen LogP contribution in [0.15, 0.2) is 47.4 Å². The zero-order valence-corrected chi connectivity index (χ0v) is 16.1. The van der Waals surface area contributed by atoms with Gasteiger partial charge in [-0.15, -0.1) is 0 Å². The topological polar surface area (TPSA) is 108 Å². The van der Waals surface area contributed by atoms with E-state index in [-0.39, 0.29) is 22.9 Å². The van der Waals surface area contributed by atoms with Gasteiger partial charge in [0.1, 0.15) is 6.61 Å².